The average Bonchev–Trinajstić information content (AvgIpc) is 2.41. The lowest BCUT2D eigenvalue weighted by molar-refractivity contribution is 0.286. The van der Waals surface area contributed by atoms with Crippen LogP contribution in [0.5, 0.6) is 11.5 Å². The number of rotatable bonds is 8. The van der Waals surface area contributed by atoms with Gasteiger partial charge in [-0.2, -0.15) is 5.26 Å². The third kappa shape index (κ3) is 5.91. The Morgan fingerprint density at radius 2 is 2.00 bits per heavy atom. The summed E-state index contributed by atoms with van der Waals surface area (Å²) in [4.78, 5) is 0. The van der Waals surface area contributed by atoms with Crippen LogP contribution in [0.25, 0.3) is 0 Å². The summed E-state index contributed by atoms with van der Waals surface area (Å²) in [5.41, 5.74) is 0.502. The van der Waals surface area contributed by atoms with Gasteiger partial charge < -0.3 is 9.47 Å². The minimum absolute atomic E-state index is 0.00676. The second kappa shape index (κ2) is 7.72. The van der Waals surface area contributed by atoms with E-state index in [1.165, 1.54) is 7.11 Å². The summed E-state index contributed by atoms with van der Waals surface area (Å²) in [6.07, 6.45) is 1.96. The minimum atomic E-state index is -3.37. The molecule has 110 valence electrons. The molecule has 0 spiro atoms. The predicted molar refractivity (Wildman–Crippen MR) is 75.0 cm³/mol. The number of hydrogen-bond acceptors (Lipinski definition) is 5. The molecule has 0 aliphatic rings. The first kappa shape index (κ1) is 16.3. The molecule has 0 bridgehead atoms. The zero-order valence-corrected chi connectivity index (χ0v) is 12.1. The molecule has 0 aromatic heterocycles. The maximum Gasteiger partial charge on any atom is 0.209 e. The summed E-state index contributed by atoms with van der Waals surface area (Å²) in [6.45, 7) is 0.451. The van der Waals surface area contributed by atoms with Gasteiger partial charge >= 0.3 is 0 Å². The Bertz CT molecular complexity index is 579. The monoisotopic (exact) mass is 298 g/mol. The van der Waals surface area contributed by atoms with Gasteiger partial charge in [0.05, 0.1) is 31.1 Å². The van der Waals surface area contributed by atoms with Crippen molar-refractivity contribution in [3.05, 3.63) is 23.8 Å². The standard InChI is InChI=1S/C13H18N2O4S/c1-18-13-9-11(10-14)5-6-12(13)19-7-3-2-4-8-20(15,16)17/h5-6,9H,2-4,7-8H2,1H3,(H2,15,16,17). The normalized spacial score (nSPS) is 10.8. The van der Waals surface area contributed by atoms with E-state index in [1.54, 1.807) is 18.2 Å². The number of primary sulfonamides is 1. The molecule has 0 atom stereocenters. The van der Waals surface area contributed by atoms with E-state index in [9.17, 15) is 8.42 Å². The van der Waals surface area contributed by atoms with Crippen LogP contribution < -0.4 is 14.6 Å². The average molecular weight is 298 g/mol. The minimum Gasteiger partial charge on any atom is -0.493 e. The van der Waals surface area contributed by atoms with Crippen LogP contribution in [0.1, 0.15) is 24.8 Å². The fourth-order valence-corrected chi connectivity index (χ4v) is 2.23. The maximum atomic E-state index is 10.7. The molecular weight excluding hydrogens is 280 g/mol. The fourth-order valence-electron chi connectivity index (χ4n) is 1.62. The number of nitrogens with zero attached hydrogens (tertiary/aromatic N) is 1. The second-order valence-corrected chi connectivity index (χ2v) is 5.99. The molecule has 0 radical (unpaired) electrons. The number of methoxy groups -OCH3 is 1. The van der Waals surface area contributed by atoms with Gasteiger partial charge in [0, 0.05) is 6.07 Å². The summed E-state index contributed by atoms with van der Waals surface area (Å²) < 4.78 is 32.1. The van der Waals surface area contributed by atoms with Crippen LogP contribution in [0.2, 0.25) is 0 Å². The highest BCUT2D eigenvalue weighted by Crippen LogP contribution is 2.27. The number of nitriles is 1. The van der Waals surface area contributed by atoms with Crippen molar-refractivity contribution in [2.24, 2.45) is 5.14 Å². The molecule has 0 aliphatic heterocycles. The molecule has 2 N–H and O–H groups in total. The molecule has 1 aromatic rings. The Labute approximate surface area is 119 Å². The first-order valence-corrected chi connectivity index (χ1v) is 7.89. The largest absolute Gasteiger partial charge is 0.493 e. The van der Waals surface area contributed by atoms with Crippen LogP contribution in [0, 0.1) is 11.3 Å². The van der Waals surface area contributed by atoms with Gasteiger partial charge in [-0.1, -0.05) is 0 Å². The third-order valence-electron chi connectivity index (χ3n) is 2.62. The van der Waals surface area contributed by atoms with E-state index in [0.29, 0.717) is 30.1 Å². The van der Waals surface area contributed by atoms with E-state index in [1.807, 2.05) is 6.07 Å². The summed E-state index contributed by atoms with van der Waals surface area (Å²) in [5, 5.41) is 13.7. The Kier molecular flexibility index (Phi) is 6.28. The van der Waals surface area contributed by atoms with Gasteiger partial charge in [-0.25, -0.2) is 13.6 Å². The Morgan fingerprint density at radius 1 is 1.25 bits per heavy atom. The van der Waals surface area contributed by atoms with Crippen molar-refractivity contribution in [1.29, 1.82) is 5.26 Å². The van der Waals surface area contributed by atoms with Crippen LogP contribution in [0.15, 0.2) is 18.2 Å². The van der Waals surface area contributed by atoms with E-state index in [-0.39, 0.29) is 5.75 Å². The molecule has 20 heavy (non-hydrogen) atoms. The van der Waals surface area contributed by atoms with Crippen molar-refractivity contribution < 1.29 is 17.9 Å². The van der Waals surface area contributed by atoms with Gasteiger partial charge in [-0.05, 0) is 31.4 Å². The number of unbranched alkanes of at least 4 members (excludes halogenated alkanes) is 2. The van der Waals surface area contributed by atoms with Crippen molar-refractivity contribution in [3.63, 3.8) is 0 Å². The summed E-state index contributed by atoms with van der Waals surface area (Å²) in [7, 11) is -1.86. The predicted octanol–water partition coefficient (Wildman–Crippen LogP) is 1.40. The van der Waals surface area contributed by atoms with Crippen molar-refractivity contribution in [3.8, 4) is 17.6 Å². The van der Waals surface area contributed by atoms with Crippen molar-refractivity contribution >= 4 is 10.0 Å². The third-order valence-corrected chi connectivity index (χ3v) is 3.48. The molecule has 0 amide bonds. The van der Waals surface area contributed by atoms with Gasteiger partial charge in [-0.15, -0.1) is 0 Å². The number of sulfonamides is 1. The molecule has 0 unspecified atom stereocenters. The molecule has 0 aliphatic carbocycles. The zero-order valence-electron chi connectivity index (χ0n) is 11.3. The molecule has 0 fully saturated rings. The zero-order chi connectivity index (χ0) is 15.0. The number of hydrogen-bond donors (Lipinski definition) is 1. The van der Waals surface area contributed by atoms with E-state index >= 15 is 0 Å². The number of ether oxygens (including phenoxy) is 2. The summed E-state index contributed by atoms with van der Waals surface area (Å²) >= 11 is 0. The Morgan fingerprint density at radius 3 is 2.60 bits per heavy atom. The van der Waals surface area contributed by atoms with Gasteiger partial charge in [0.25, 0.3) is 0 Å². The van der Waals surface area contributed by atoms with Crippen molar-refractivity contribution in [1.82, 2.24) is 0 Å². The molecular formula is C13H18N2O4S. The van der Waals surface area contributed by atoms with E-state index in [4.69, 9.17) is 19.9 Å². The van der Waals surface area contributed by atoms with Crippen molar-refractivity contribution in [2.75, 3.05) is 19.5 Å². The molecule has 0 saturated carbocycles. The Balaban J connectivity index is 2.37. The summed E-state index contributed by atoms with van der Waals surface area (Å²) in [5.74, 6) is 1.07. The SMILES string of the molecule is COc1cc(C#N)ccc1OCCCCCS(N)(=O)=O. The van der Waals surface area contributed by atoms with Crippen LogP contribution in [0.4, 0.5) is 0 Å². The lowest BCUT2D eigenvalue weighted by Gasteiger charge is -2.10. The lowest BCUT2D eigenvalue weighted by Crippen LogP contribution is -2.16. The van der Waals surface area contributed by atoms with Crippen LogP contribution in [-0.4, -0.2) is 27.9 Å². The highest BCUT2D eigenvalue weighted by atomic mass is 32.2. The highest BCUT2D eigenvalue weighted by Gasteiger charge is 2.06. The summed E-state index contributed by atoms with van der Waals surface area (Å²) in [6, 6.07) is 6.96. The van der Waals surface area contributed by atoms with Gasteiger partial charge in [-0.3, -0.25) is 0 Å². The first-order valence-electron chi connectivity index (χ1n) is 6.17. The topological polar surface area (TPSA) is 102 Å². The molecule has 0 heterocycles. The highest BCUT2D eigenvalue weighted by molar-refractivity contribution is 7.89. The second-order valence-electron chi connectivity index (χ2n) is 4.25. The molecule has 1 rings (SSSR count). The van der Waals surface area contributed by atoms with Gasteiger partial charge in [0.2, 0.25) is 10.0 Å². The smallest absolute Gasteiger partial charge is 0.209 e. The van der Waals surface area contributed by atoms with E-state index < -0.39 is 10.0 Å². The van der Waals surface area contributed by atoms with E-state index in [0.717, 1.165) is 12.8 Å². The molecule has 6 nitrogen and oxygen atoms in total. The lowest BCUT2D eigenvalue weighted by atomic mass is 10.2. The van der Waals surface area contributed by atoms with E-state index in [2.05, 4.69) is 0 Å². The number of nitrogens with two attached hydrogens (primary N) is 1. The van der Waals surface area contributed by atoms with Gasteiger partial charge in [0.15, 0.2) is 11.5 Å². The molecule has 7 heteroatoms. The van der Waals surface area contributed by atoms with Crippen LogP contribution >= 0.6 is 0 Å². The quantitative estimate of drug-likeness (QED) is 0.731. The Hall–Kier alpha value is -1.78. The van der Waals surface area contributed by atoms with Crippen molar-refractivity contribution in [2.45, 2.75) is 19.3 Å². The molecule has 1 aromatic carbocycles. The van der Waals surface area contributed by atoms with Gasteiger partial charge in [0.1, 0.15) is 0 Å². The van der Waals surface area contributed by atoms with Crippen LogP contribution in [-0.2, 0) is 10.0 Å². The maximum absolute atomic E-state index is 10.7. The molecule has 0 saturated heterocycles. The first-order chi connectivity index (χ1) is 9.46. The fraction of sp³-hybridized carbons (Fsp3) is 0.462. The number of benzene rings is 1. The van der Waals surface area contributed by atoms with Crippen LogP contribution in [0.3, 0.4) is 0 Å².